The van der Waals surface area contributed by atoms with E-state index in [1.807, 2.05) is 12.4 Å². The molecule has 2 rings (SSSR count). The zero-order chi connectivity index (χ0) is 10.5. The molecular weight excluding hydrogens is 299 g/mol. The highest BCUT2D eigenvalue weighted by Crippen LogP contribution is 2.06. The predicted molar refractivity (Wildman–Crippen MR) is 69.7 cm³/mol. The Morgan fingerprint density at radius 2 is 2.00 bits per heavy atom. The molecule has 1 aromatic carbocycles. The van der Waals surface area contributed by atoms with E-state index in [2.05, 4.69) is 62.5 Å². The number of hydrogen-bond donors (Lipinski definition) is 0. The number of halogens is 1. The van der Waals surface area contributed by atoms with E-state index in [1.54, 1.807) is 0 Å². The van der Waals surface area contributed by atoms with Gasteiger partial charge in [0, 0.05) is 18.9 Å². The summed E-state index contributed by atoms with van der Waals surface area (Å²) in [7, 11) is 0. The number of rotatable bonds is 4. The average molecular weight is 312 g/mol. The molecule has 0 aliphatic rings. The molecule has 0 aliphatic heterocycles. The van der Waals surface area contributed by atoms with Crippen LogP contribution >= 0.6 is 22.6 Å². The molecule has 0 amide bonds. The lowest BCUT2D eigenvalue weighted by molar-refractivity contribution is 0.629. The summed E-state index contributed by atoms with van der Waals surface area (Å²) in [6, 6.07) is 10.6. The lowest BCUT2D eigenvalue weighted by Crippen LogP contribution is -2.00. The number of hydrogen-bond acceptors (Lipinski definition) is 1. The first-order valence-electron chi connectivity index (χ1n) is 5.07. The van der Waals surface area contributed by atoms with Crippen LogP contribution in [0.25, 0.3) is 0 Å². The third-order valence-corrected chi connectivity index (χ3v) is 3.27. The van der Waals surface area contributed by atoms with Gasteiger partial charge in [0.15, 0.2) is 3.83 Å². The highest BCUT2D eigenvalue weighted by molar-refractivity contribution is 14.1. The summed E-state index contributed by atoms with van der Waals surface area (Å²) in [5, 5.41) is 0. The van der Waals surface area contributed by atoms with Gasteiger partial charge in [0.05, 0.1) is 0 Å². The maximum Gasteiger partial charge on any atom is 0.171 e. The summed E-state index contributed by atoms with van der Waals surface area (Å²) < 4.78 is 3.25. The van der Waals surface area contributed by atoms with Crippen molar-refractivity contribution < 1.29 is 0 Å². The molecule has 3 heteroatoms. The Kier molecular flexibility index (Phi) is 3.77. The third-order valence-electron chi connectivity index (χ3n) is 2.37. The van der Waals surface area contributed by atoms with E-state index in [0.717, 1.165) is 23.2 Å². The minimum absolute atomic E-state index is 1.05. The van der Waals surface area contributed by atoms with Crippen molar-refractivity contribution in [2.24, 2.45) is 0 Å². The molecule has 0 bridgehead atoms. The van der Waals surface area contributed by atoms with Crippen LogP contribution in [0.1, 0.15) is 12.0 Å². The second-order valence-electron chi connectivity index (χ2n) is 3.48. The topological polar surface area (TPSA) is 17.8 Å². The Morgan fingerprint density at radius 1 is 1.20 bits per heavy atom. The molecule has 0 N–H and O–H groups in total. The van der Waals surface area contributed by atoms with E-state index in [4.69, 9.17) is 0 Å². The van der Waals surface area contributed by atoms with Gasteiger partial charge in [-0.25, -0.2) is 4.98 Å². The summed E-state index contributed by atoms with van der Waals surface area (Å²) in [5.74, 6) is 0. The molecule has 0 spiro atoms. The number of benzene rings is 1. The van der Waals surface area contributed by atoms with Crippen LogP contribution in [-0.2, 0) is 13.0 Å². The first-order valence-corrected chi connectivity index (χ1v) is 6.15. The molecule has 78 valence electrons. The van der Waals surface area contributed by atoms with E-state index >= 15 is 0 Å². The Bertz CT molecular complexity index is 409. The fourth-order valence-electron chi connectivity index (χ4n) is 1.58. The van der Waals surface area contributed by atoms with Crippen molar-refractivity contribution in [2.75, 3.05) is 0 Å². The molecule has 1 heterocycles. The molecule has 2 nitrogen and oxygen atoms in total. The van der Waals surface area contributed by atoms with Crippen molar-refractivity contribution in [3.05, 3.63) is 52.1 Å². The molecule has 1 aromatic heterocycles. The maximum absolute atomic E-state index is 4.19. The lowest BCUT2D eigenvalue weighted by Gasteiger charge is -2.03. The van der Waals surface area contributed by atoms with Crippen LogP contribution in [0.5, 0.6) is 0 Å². The standard InChI is InChI=1S/C12H13IN2/c13-12-14-8-10-15(12)9-4-7-11-5-2-1-3-6-11/h1-3,5-6,8,10H,4,7,9H2. The minimum Gasteiger partial charge on any atom is -0.326 e. The summed E-state index contributed by atoms with van der Waals surface area (Å²) in [6.45, 7) is 1.05. The zero-order valence-electron chi connectivity index (χ0n) is 8.44. The molecule has 0 fully saturated rings. The first kappa shape index (κ1) is 10.7. The Labute approximate surface area is 103 Å². The van der Waals surface area contributed by atoms with Crippen LogP contribution in [0.15, 0.2) is 42.7 Å². The van der Waals surface area contributed by atoms with Crippen LogP contribution < -0.4 is 0 Å². The van der Waals surface area contributed by atoms with Crippen LogP contribution in [0.2, 0.25) is 0 Å². The van der Waals surface area contributed by atoms with E-state index in [0.29, 0.717) is 0 Å². The van der Waals surface area contributed by atoms with Crippen molar-refractivity contribution in [1.82, 2.24) is 9.55 Å². The maximum atomic E-state index is 4.19. The van der Waals surface area contributed by atoms with E-state index < -0.39 is 0 Å². The second kappa shape index (κ2) is 5.30. The van der Waals surface area contributed by atoms with Gasteiger partial charge in [-0.2, -0.15) is 0 Å². The highest BCUT2D eigenvalue weighted by Gasteiger charge is 1.97. The van der Waals surface area contributed by atoms with Crippen LogP contribution in [0, 0.1) is 3.83 Å². The van der Waals surface area contributed by atoms with E-state index in [9.17, 15) is 0 Å². The Balaban J connectivity index is 1.83. The number of nitrogens with zero attached hydrogens (tertiary/aromatic N) is 2. The smallest absolute Gasteiger partial charge is 0.171 e. The van der Waals surface area contributed by atoms with Crippen LogP contribution in [0.4, 0.5) is 0 Å². The molecule has 0 aliphatic carbocycles. The number of imidazole rings is 1. The highest BCUT2D eigenvalue weighted by atomic mass is 127. The van der Waals surface area contributed by atoms with Crippen molar-refractivity contribution >= 4 is 22.6 Å². The van der Waals surface area contributed by atoms with E-state index in [-0.39, 0.29) is 0 Å². The quantitative estimate of drug-likeness (QED) is 0.793. The lowest BCUT2D eigenvalue weighted by atomic mass is 10.1. The van der Waals surface area contributed by atoms with Crippen molar-refractivity contribution in [3.63, 3.8) is 0 Å². The summed E-state index contributed by atoms with van der Waals surface area (Å²) >= 11 is 2.26. The normalized spacial score (nSPS) is 10.5. The minimum atomic E-state index is 1.05. The van der Waals surface area contributed by atoms with E-state index in [1.165, 1.54) is 5.56 Å². The fraction of sp³-hybridized carbons (Fsp3) is 0.250. The molecule has 15 heavy (non-hydrogen) atoms. The first-order chi connectivity index (χ1) is 7.36. The van der Waals surface area contributed by atoms with Gasteiger partial charge in [-0.15, -0.1) is 0 Å². The summed E-state index contributed by atoms with van der Waals surface area (Å²) in [5.41, 5.74) is 1.41. The Morgan fingerprint density at radius 3 is 2.67 bits per heavy atom. The molecule has 0 atom stereocenters. The molecular formula is C12H13IN2. The molecule has 0 unspecified atom stereocenters. The monoisotopic (exact) mass is 312 g/mol. The summed E-state index contributed by atoms with van der Waals surface area (Å²) in [4.78, 5) is 4.19. The van der Waals surface area contributed by atoms with Gasteiger partial charge in [0.1, 0.15) is 0 Å². The number of aromatic nitrogens is 2. The van der Waals surface area contributed by atoms with Crippen LogP contribution in [0.3, 0.4) is 0 Å². The van der Waals surface area contributed by atoms with Crippen LogP contribution in [-0.4, -0.2) is 9.55 Å². The largest absolute Gasteiger partial charge is 0.326 e. The van der Waals surface area contributed by atoms with Gasteiger partial charge in [0.25, 0.3) is 0 Å². The zero-order valence-corrected chi connectivity index (χ0v) is 10.6. The molecule has 0 radical (unpaired) electrons. The van der Waals surface area contributed by atoms with Gasteiger partial charge < -0.3 is 4.57 Å². The second-order valence-corrected chi connectivity index (χ2v) is 4.44. The van der Waals surface area contributed by atoms with Gasteiger partial charge in [-0.3, -0.25) is 0 Å². The molecule has 2 aromatic rings. The van der Waals surface area contributed by atoms with Crippen molar-refractivity contribution in [3.8, 4) is 0 Å². The van der Waals surface area contributed by atoms with Gasteiger partial charge in [-0.05, 0) is 41.0 Å². The SMILES string of the molecule is Ic1nccn1CCCc1ccccc1. The summed E-state index contributed by atoms with van der Waals surface area (Å²) in [6.07, 6.45) is 6.18. The fourth-order valence-corrected chi connectivity index (χ4v) is 2.14. The molecule has 0 saturated heterocycles. The predicted octanol–water partition coefficient (Wildman–Crippen LogP) is 3.12. The average Bonchev–Trinajstić information content (AvgIpc) is 2.66. The Hall–Kier alpha value is -0.840. The van der Waals surface area contributed by atoms with Gasteiger partial charge in [0.2, 0.25) is 0 Å². The van der Waals surface area contributed by atoms with Crippen molar-refractivity contribution in [2.45, 2.75) is 19.4 Å². The van der Waals surface area contributed by atoms with Gasteiger partial charge in [-0.1, -0.05) is 30.3 Å². The third kappa shape index (κ3) is 3.06. The van der Waals surface area contributed by atoms with Crippen molar-refractivity contribution in [1.29, 1.82) is 0 Å². The van der Waals surface area contributed by atoms with Gasteiger partial charge >= 0.3 is 0 Å². The molecule has 0 saturated carbocycles. The number of aryl methyl sites for hydroxylation is 2.